The number of nitrogens with zero attached hydrogens (tertiary/aromatic N) is 2. The molecule has 0 bridgehead atoms. The van der Waals surface area contributed by atoms with Gasteiger partial charge in [-0.3, -0.25) is 0 Å². The van der Waals surface area contributed by atoms with Crippen LogP contribution in [0, 0.1) is 0 Å². The quantitative estimate of drug-likeness (QED) is 0.924. The number of hydrogen-bond donors (Lipinski definition) is 1. The van der Waals surface area contributed by atoms with E-state index in [1.54, 1.807) is 6.92 Å². The number of anilines is 1. The molecule has 2 rings (SSSR count). The number of fused-ring (bicyclic) bond motifs is 1. The number of thiazole rings is 1. The molecule has 1 aromatic heterocycles. The molecule has 3 nitrogen and oxygen atoms in total. The Balaban J connectivity index is 2.23. The van der Waals surface area contributed by atoms with Gasteiger partial charge in [0.2, 0.25) is 0 Å². The van der Waals surface area contributed by atoms with Gasteiger partial charge in [0.15, 0.2) is 5.13 Å². The van der Waals surface area contributed by atoms with Gasteiger partial charge in [0.25, 0.3) is 0 Å². The largest absolute Gasteiger partial charge is 0.406 e. The summed E-state index contributed by atoms with van der Waals surface area (Å²) in [5.41, 5.74) is 0.964. The number of rotatable bonds is 4. The van der Waals surface area contributed by atoms with Crippen molar-refractivity contribution in [2.45, 2.75) is 38.4 Å². The minimum Gasteiger partial charge on any atom is -0.339 e. The van der Waals surface area contributed by atoms with E-state index in [0.717, 1.165) is 29.8 Å². The fraction of sp³-hybridized carbons (Fsp3) is 0.750. The summed E-state index contributed by atoms with van der Waals surface area (Å²) in [6.45, 7) is 1.11. The van der Waals surface area contributed by atoms with E-state index in [1.165, 1.54) is 16.2 Å². The van der Waals surface area contributed by atoms with E-state index in [9.17, 15) is 13.2 Å². The van der Waals surface area contributed by atoms with Crippen LogP contribution in [0.5, 0.6) is 0 Å². The summed E-state index contributed by atoms with van der Waals surface area (Å²) >= 11 is 1.39. The monoisotopic (exact) mass is 293 g/mol. The first-order valence-electron chi connectivity index (χ1n) is 6.43. The molecule has 108 valence electrons. The maximum Gasteiger partial charge on any atom is 0.406 e. The average molecular weight is 293 g/mol. The molecule has 0 aromatic carbocycles. The first-order chi connectivity index (χ1) is 8.94. The highest BCUT2D eigenvalue weighted by molar-refractivity contribution is 7.15. The fourth-order valence-corrected chi connectivity index (χ4v) is 3.67. The number of alkyl halides is 3. The van der Waals surface area contributed by atoms with Gasteiger partial charge in [-0.1, -0.05) is 11.3 Å². The van der Waals surface area contributed by atoms with Crippen LogP contribution in [0.15, 0.2) is 0 Å². The molecule has 1 aliphatic rings. The molecule has 0 saturated heterocycles. The summed E-state index contributed by atoms with van der Waals surface area (Å²) in [5, 5.41) is 3.70. The second-order valence-corrected chi connectivity index (χ2v) is 5.68. The maximum absolute atomic E-state index is 12.5. The summed E-state index contributed by atoms with van der Waals surface area (Å²) in [6.07, 6.45) is -1.26. The average Bonchev–Trinajstić information content (AvgIpc) is 2.78. The van der Waals surface area contributed by atoms with Crippen molar-refractivity contribution in [3.05, 3.63) is 10.6 Å². The number of nitrogens with one attached hydrogen (secondary N) is 1. The zero-order valence-electron chi connectivity index (χ0n) is 11.0. The maximum atomic E-state index is 12.5. The minimum absolute atomic E-state index is 0.236. The van der Waals surface area contributed by atoms with Crippen molar-refractivity contribution >= 4 is 16.5 Å². The van der Waals surface area contributed by atoms with Crippen LogP contribution in [0.4, 0.5) is 18.3 Å². The van der Waals surface area contributed by atoms with Crippen molar-refractivity contribution in [3.63, 3.8) is 0 Å². The highest BCUT2D eigenvalue weighted by Gasteiger charge is 2.32. The lowest BCUT2D eigenvalue weighted by Crippen LogP contribution is -2.34. The first kappa shape index (κ1) is 14.6. The zero-order valence-corrected chi connectivity index (χ0v) is 11.9. The van der Waals surface area contributed by atoms with Crippen molar-refractivity contribution < 1.29 is 13.2 Å². The van der Waals surface area contributed by atoms with Gasteiger partial charge in [0.05, 0.1) is 5.69 Å². The summed E-state index contributed by atoms with van der Waals surface area (Å²) in [5.74, 6) is 0. The van der Waals surface area contributed by atoms with Crippen molar-refractivity contribution in [1.82, 2.24) is 10.3 Å². The standard InChI is InChI=1S/C12H18F3N3S/c1-3-18(7-12(13,14)15)11-17-9-6-4-5-8(16-2)10(9)19-11/h8,16H,3-7H2,1-2H3. The van der Waals surface area contributed by atoms with Gasteiger partial charge >= 0.3 is 6.18 Å². The summed E-state index contributed by atoms with van der Waals surface area (Å²) in [7, 11) is 1.88. The van der Waals surface area contributed by atoms with E-state index >= 15 is 0 Å². The lowest BCUT2D eigenvalue weighted by Gasteiger charge is -2.21. The smallest absolute Gasteiger partial charge is 0.339 e. The van der Waals surface area contributed by atoms with Crippen LogP contribution in [-0.4, -0.2) is 31.3 Å². The Morgan fingerprint density at radius 2 is 2.21 bits per heavy atom. The summed E-state index contributed by atoms with van der Waals surface area (Å²) < 4.78 is 37.6. The van der Waals surface area contributed by atoms with Crippen LogP contribution < -0.4 is 10.2 Å². The third-order valence-corrected chi connectivity index (χ3v) is 4.58. The highest BCUT2D eigenvalue weighted by atomic mass is 32.1. The second-order valence-electron chi connectivity index (χ2n) is 4.67. The van der Waals surface area contributed by atoms with Crippen LogP contribution >= 0.6 is 11.3 Å². The van der Waals surface area contributed by atoms with E-state index in [4.69, 9.17) is 0 Å². The van der Waals surface area contributed by atoms with Crippen LogP contribution in [0.1, 0.15) is 36.4 Å². The van der Waals surface area contributed by atoms with Gasteiger partial charge in [0, 0.05) is 17.5 Å². The number of hydrogen-bond acceptors (Lipinski definition) is 4. The Morgan fingerprint density at radius 3 is 2.79 bits per heavy atom. The molecule has 7 heteroatoms. The summed E-state index contributed by atoms with van der Waals surface area (Å²) in [4.78, 5) is 6.81. The molecule has 0 saturated carbocycles. The molecule has 1 heterocycles. The Bertz CT molecular complexity index is 430. The van der Waals surface area contributed by atoms with Gasteiger partial charge in [-0.25, -0.2) is 4.98 Å². The fourth-order valence-electron chi connectivity index (χ4n) is 2.35. The molecule has 0 amide bonds. The minimum atomic E-state index is -4.19. The molecule has 1 N–H and O–H groups in total. The normalized spacial score (nSPS) is 19.3. The van der Waals surface area contributed by atoms with Crippen molar-refractivity contribution in [2.24, 2.45) is 0 Å². The van der Waals surface area contributed by atoms with Crippen LogP contribution in [0.2, 0.25) is 0 Å². The molecule has 1 unspecified atom stereocenters. The second kappa shape index (κ2) is 5.66. The predicted molar refractivity (Wildman–Crippen MR) is 70.8 cm³/mol. The third kappa shape index (κ3) is 3.39. The lowest BCUT2D eigenvalue weighted by atomic mass is 9.98. The SMILES string of the molecule is CCN(CC(F)(F)F)c1nc2c(s1)C(NC)CCC2. The first-order valence-corrected chi connectivity index (χ1v) is 7.24. The van der Waals surface area contributed by atoms with Gasteiger partial charge in [-0.2, -0.15) is 13.2 Å². The summed E-state index contributed by atoms with van der Waals surface area (Å²) in [6, 6.07) is 0.236. The zero-order chi connectivity index (χ0) is 14.0. The molecule has 0 radical (unpaired) electrons. The number of aryl methyl sites for hydroxylation is 1. The highest BCUT2D eigenvalue weighted by Crippen LogP contribution is 2.37. The third-order valence-electron chi connectivity index (χ3n) is 3.31. The molecular formula is C12H18F3N3S. The molecule has 1 atom stereocenters. The molecule has 1 aromatic rings. The molecule has 19 heavy (non-hydrogen) atoms. The van der Waals surface area contributed by atoms with Crippen molar-refractivity contribution in [1.29, 1.82) is 0 Å². The van der Waals surface area contributed by atoms with Crippen LogP contribution in [0.3, 0.4) is 0 Å². The van der Waals surface area contributed by atoms with E-state index in [2.05, 4.69) is 10.3 Å². The Kier molecular flexibility index (Phi) is 4.35. The van der Waals surface area contributed by atoms with Gasteiger partial charge in [0.1, 0.15) is 6.54 Å². The molecule has 0 fully saturated rings. The van der Waals surface area contributed by atoms with Crippen LogP contribution in [-0.2, 0) is 6.42 Å². The van der Waals surface area contributed by atoms with E-state index in [1.807, 2.05) is 7.05 Å². The topological polar surface area (TPSA) is 28.2 Å². The molecule has 0 spiro atoms. The van der Waals surface area contributed by atoms with Crippen molar-refractivity contribution in [2.75, 3.05) is 25.0 Å². The Morgan fingerprint density at radius 1 is 1.47 bits per heavy atom. The Labute approximate surface area is 114 Å². The Hall–Kier alpha value is -0.820. The van der Waals surface area contributed by atoms with Crippen LogP contribution in [0.25, 0.3) is 0 Å². The van der Waals surface area contributed by atoms with Gasteiger partial charge < -0.3 is 10.2 Å². The van der Waals surface area contributed by atoms with Crippen molar-refractivity contribution in [3.8, 4) is 0 Å². The van der Waals surface area contributed by atoms with Gasteiger partial charge in [-0.05, 0) is 33.2 Å². The predicted octanol–water partition coefficient (Wildman–Crippen LogP) is 3.13. The van der Waals surface area contributed by atoms with E-state index in [-0.39, 0.29) is 6.04 Å². The van der Waals surface area contributed by atoms with E-state index in [0.29, 0.717) is 11.7 Å². The lowest BCUT2D eigenvalue weighted by molar-refractivity contribution is -0.119. The van der Waals surface area contributed by atoms with Gasteiger partial charge in [-0.15, -0.1) is 0 Å². The number of aromatic nitrogens is 1. The molecule has 0 aliphatic heterocycles. The van der Waals surface area contributed by atoms with E-state index < -0.39 is 12.7 Å². The number of halogens is 3. The molecular weight excluding hydrogens is 275 g/mol. The molecule has 1 aliphatic carbocycles.